The summed E-state index contributed by atoms with van der Waals surface area (Å²) >= 11 is 0. The number of carbonyl (C=O) groups is 2. The first kappa shape index (κ1) is 32.1. The van der Waals surface area contributed by atoms with Gasteiger partial charge in [0.15, 0.2) is 0 Å². The minimum Gasteiger partial charge on any atom is -0.465 e. The fourth-order valence-corrected chi connectivity index (χ4v) is 4.96. The maximum Gasteiger partial charge on any atom is 0.416 e. The molecule has 38 heavy (non-hydrogen) atoms. The lowest BCUT2D eigenvalue weighted by atomic mass is 9.96. The maximum absolute atomic E-state index is 13.7. The zero-order chi connectivity index (χ0) is 27.8. The highest BCUT2D eigenvalue weighted by Gasteiger charge is 2.33. The number of halogens is 4. The second-order valence-corrected chi connectivity index (χ2v) is 10.6. The average molecular weight is 544 g/mol. The normalized spacial score (nSPS) is 14.6. The van der Waals surface area contributed by atoms with Crippen molar-refractivity contribution in [3.05, 3.63) is 35.1 Å². The SMILES string of the molecule is CCCCCCCCCCCCCCCCOC(=O)C1CCN(C(=O)c2cc(F)cc(C(F)(F)F)c2)CC1. The Morgan fingerprint density at radius 3 is 1.82 bits per heavy atom. The van der Waals surface area contributed by atoms with Crippen molar-refractivity contribution >= 4 is 11.9 Å². The van der Waals surface area contributed by atoms with Gasteiger partial charge in [-0.25, -0.2) is 4.39 Å². The number of hydrogen-bond donors (Lipinski definition) is 0. The van der Waals surface area contributed by atoms with Crippen molar-refractivity contribution < 1.29 is 31.9 Å². The van der Waals surface area contributed by atoms with E-state index in [0.29, 0.717) is 31.6 Å². The van der Waals surface area contributed by atoms with Crippen LogP contribution in [0.5, 0.6) is 0 Å². The van der Waals surface area contributed by atoms with E-state index in [-0.39, 0.29) is 30.5 Å². The van der Waals surface area contributed by atoms with Crippen LogP contribution < -0.4 is 0 Å². The Bertz CT molecular complexity index is 835. The lowest BCUT2D eigenvalue weighted by Gasteiger charge is -2.31. The number of benzene rings is 1. The van der Waals surface area contributed by atoms with E-state index in [2.05, 4.69) is 6.92 Å². The van der Waals surface area contributed by atoms with Gasteiger partial charge in [-0.2, -0.15) is 13.2 Å². The first-order valence-electron chi connectivity index (χ1n) is 14.6. The molecule has 0 spiro atoms. The Balaban J connectivity index is 1.52. The molecular weight excluding hydrogens is 498 g/mol. The van der Waals surface area contributed by atoms with Gasteiger partial charge in [0.2, 0.25) is 0 Å². The Morgan fingerprint density at radius 2 is 1.32 bits per heavy atom. The quantitative estimate of drug-likeness (QED) is 0.112. The predicted octanol–water partition coefficient (Wildman–Crippen LogP) is 8.72. The summed E-state index contributed by atoms with van der Waals surface area (Å²) in [6, 6.07) is 1.85. The molecule has 0 radical (unpaired) electrons. The summed E-state index contributed by atoms with van der Waals surface area (Å²) < 4.78 is 57.9. The number of nitrogens with zero attached hydrogens (tertiary/aromatic N) is 1. The van der Waals surface area contributed by atoms with Crippen LogP contribution in [0.3, 0.4) is 0 Å². The number of rotatable bonds is 17. The third-order valence-corrected chi connectivity index (χ3v) is 7.33. The molecule has 1 aliphatic heterocycles. The number of esters is 1. The topological polar surface area (TPSA) is 46.6 Å². The van der Waals surface area contributed by atoms with E-state index in [0.717, 1.165) is 25.3 Å². The van der Waals surface area contributed by atoms with Crippen molar-refractivity contribution in [2.24, 2.45) is 5.92 Å². The first-order chi connectivity index (χ1) is 18.2. The number of carbonyl (C=O) groups excluding carboxylic acids is 2. The van der Waals surface area contributed by atoms with E-state index in [4.69, 9.17) is 4.74 Å². The number of amides is 1. The molecule has 216 valence electrons. The van der Waals surface area contributed by atoms with E-state index in [1.165, 1.54) is 75.5 Å². The van der Waals surface area contributed by atoms with Crippen molar-refractivity contribution in [1.82, 2.24) is 4.90 Å². The number of ether oxygens (including phenoxy) is 1. The molecule has 8 heteroatoms. The Hall–Kier alpha value is -2.12. The molecular formula is C30H45F4NO3. The highest BCUT2D eigenvalue weighted by atomic mass is 19.4. The molecule has 0 saturated carbocycles. The highest BCUT2D eigenvalue weighted by molar-refractivity contribution is 5.94. The van der Waals surface area contributed by atoms with Crippen LogP contribution in [0.15, 0.2) is 18.2 Å². The van der Waals surface area contributed by atoms with Gasteiger partial charge in [0.25, 0.3) is 5.91 Å². The van der Waals surface area contributed by atoms with Crippen LogP contribution in [0, 0.1) is 11.7 Å². The van der Waals surface area contributed by atoms with Crippen molar-refractivity contribution in [2.45, 2.75) is 116 Å². The minimum absolute atomic E-state index is 0.218. The van der Waals surface area contributed by atoms with Gasteiger partial charge >= 0.3 is 12.1 Å². The predicted molar refractivity (Wildman–Crippen MR) is 141 cm³/mol. The average Bonchev–Trinajstić information content (AvgIpc) is 2.89. The molecule has 1 aliphatic rings. The second kappa shape index (κ2) is 17.5. The van der Waals surface area contributed by atoms with Crippen LogP contribution in [-0.4, -0.2) is 36.5 Å². The summed E-state index contributed by atoms with van der Waals surface area (Å²) in [5.41, 5.74) is -1.53. The fraction of sp³-hybridized carbons (Fsp3) is 0.733. The van der Waals surface area contributed by atoms with E-state index < -0.39 is 23.5 Å². The van der Waals surface area contributed by atoms with Crippen molar-refractivity contribution in [3.63, 3.8) is 0 Å². The molecule has 0 bridgehead atoms. The van der Waals surface area contributed by atoms with Gasteiger partial charge in [-0.05, 0) is 37.5 Å². The molecule has 1 aromatic carbocycles. The number of piperidine rings is 1. The molecule has 1 amide bonds. The van der Waals surface area contributed by atoms with Gasteiger partial charge in [0.05, 0.1) is 18.1 Å². The van der Waals surface area contributed by atoms with Crippen LogP contribution in [0.4, 0.5) is 17.6 Å². The summed E-state index contributed by atoms with van der Waals surface area (Å²) in [4.78, 5) is 26.4. The molecule has 0 aliphatic carbocycles. The lowest BCUT2D eigenvalue weighted by Crippen LogP contribution is -2.40. The zero-order valence-electron chi connectivity index (χ0n) is 22.9. The van der Waals surface area contributed by atoms with Crippen LogP contribution >= 0.6 is 0 Å². The summed E-state index contributed by atoms with van der Waals surface area (Å²) in [6.07, 6.45) is 13.6. The van der Waals surface area contributed by atoms with E-state index >= 15 is 0 Å². The third kappa shape index (κ3) is 12.2. The van der Waals surface area contributed by atoms with Crippen LogP contribution in [0.25, 0.3) is 0 Å². The minimum atomic E-state index is -4.74. The van der Waals surface area contributed by atoms with Gasteiger partial charge < -0.3 is 9.64 Å². The third-order valence-electron chi connectivity index (χ3n) is 7.33. The number of likely N-dealkylation sites (tertiary alicyclic amines) is 1. The molecule has 0 aromatic heterocycles. The molecule has 0 atom stereocenters. The summed E-state index contributed by atoms with van der Waals surface area (Å²) in [7, 11) is 0. The van der Waals surface area contributed by atoms with Crippen LogP contribution in [0.2, 0.25) is 0 Å². The van der Waals surface area contributed by atoms with Crippen LogP contribution in [0.1, 0.15) is 126 Å². The summed E-state index contributed by atoms with van der Waals surface area (Å²) in [5.74, 6) is -2.38. The molecule has 1 aromatic rings. The molecule has 0 unspecified atom stereocenters. The van der Waals surface area contributed by atoms with Crippen molar-refractivity contribution in [3.8, 4) is 0 Å². The summed E-state index contributed by atoms with van der Waals surface area (Å²) in [5, 5.41) is 0. The van der Waals surface area contributed by atoms with Crippen molar-refractivity contribution in [2.75, 3.05) is 19.7 Å². The zero-order valence-corrected chi connectivity index (χ0v) is 22.9. The highest BCUT2D eigenvalue weighted by Crippen LogP contribution is 2.31. The van der Waals surface area contributed by atoms with Gasteiger partial charge in [0.1, 0.15) is 5.82 Å². The van der Waals surface area contributed by atoms with E-state index in [1.54, 1.807) is 0 Å². The number of hydrogen-bond acceptors (Lipinski definition) is 3. The van der Waals surface area contributed by atoms with E-state index in [1.807, 2.05) is 0 Å². The molecule has 1 heterocycles. The largest absolute Gasteiger partial charge is 0.465 e. The Labute approximate surface area is 225 Å². The molecule has 1 fully saturated rings. The molecule has 0 N–H and O–H groups in total. The monoisotopic (exact) mass is 543 g/mol. The lowest BCUT2D eigenvalue weighted by molar-refractivity contribution is -0.150. The van der Waals surface area contributed by atoms with Gasteiger partial charge in [0, 0.05) is 18.7 Å². The Morgan fingerprint density at radius 1 is 0.816 bits per heavy atom. The first-order valence-corrected chi connectivity index (χ1v) is 14.6. The standard InChI is InChI=1S/C30H45F4NO3/c1-2-3-4-5-6-7-8-9-10-11-12-13-14-15-20-38-29(37)24-16-18-35(19-17-24)28(36)25-21-26(30(32,33)34)23-27(31)22-25/h21-24H,2-20H2,1H3. The van der Waals surface area contributed by atoms with Gasteiger partial charge in [-0.3, -0.25) is 9.59 Å². The summed E-state index contributed by atoms with van der Waals surface area (Å²) in [6.45, 7) is 3.07. The molecule has 4 nitrogen and oxygen atoms in total. The number of unbranched alkanes of at least 4 members (excludes halogenated alkanes) is 13. The Kier molecular flexibility index (Phi) is 14.8. The smallest absolute Gasteiger partial charge is 0.416 e. The maximum atomic E-state index is 13.7. The second-order valence-electron chi connectivity index (χ2n) is 10.6. The molecule has 2 rings (SSSR count). The molecule has 1 saturated heterocycles. The number of alkyl halides is 3. The van der Waals surface area contributed by atoms with E-state index in [9.17, 15) is 27.2 Å². The fourth-order valence-electron chi connectivity index (χ4n) is 4.96. The van der Waals surface area contributed by atoms with Crippen LogP contribution in [-0.2, 0) is 15.7 Å². The van der Waals surface area contributed by atoms with Crippen molar-refractivity contribution in [1.29, 1.82) is 0 Å². The van der Waals surface area contributed by atoms with Gasteiger partial charge in [-0.1, -0.05) is 90.4 Å². The van der Waals surface area contributed by atoms with Gasteiger partial charge in [-0.15, -0.1) is 0 Å².